The summed E-state index contributed by atoms with van der Waals surface area (Å²) in [6.45, 7) is 8.20. The van der Waals surface area contributed by atoms with Crippen LogP contribution >= 0.6 is 0 Å². The third-order valence-electron chi connectivity index (χ3n) is 4.90. The van der Waals surface area contributed by atoms with Gasteiger partial charge in [-0.15, -0.1) is 0 Å². The van der Waals surface area contributed by atoms with Crippen molar-refractivity contribution in [2.75, 3.05) is 36.5 Å². The highest BCUT2D eigenvalue weighted by molar-refractivity contribution is 6.05. The number of aromatic hydroxyl groups is 1. The molecule has 1 fully saturated rings. The van der Waals surface area contributed by atoms with Crippen LogP contribution in [0.5, 0.6) is 5.75 Å². The van der Waals surface area contributed by atoms with Crippen LogP contribution in [0, 0.1) is 10.1 Å². The number of amides is 1. The first-order valence-corrected chi connectivity index (χ1v) is 9.43. The van der Waals surface area contributed by atoms with Crippen LogP contribution in [0.4, 0.5) is 17.1 Å². The van der Waals surface area contributed by atoms with Crippen LogP contribution < -0.4 is 10.2 Å². The van der Waals surface area contributed by atoms with Gasteiger partial charge in [-0.25, -0.2) is 0 Å². The summed E-state index contributed by atoms with van der Waals surface area (Å²) >= 11 is 0. The lowest BCUT2D eigenvalue weighted by molar-refractivity contribution is -0.384. The van der Waals surface area contributed by atoms with Gasteiger partial charge in [0.05, 0.1) is 23.8 Å². The van der Waals surface area contributed by atoms with E-state index in [1.165, 1.54) is 12.1 Å². The molecule has 2 aromatic rings. The van der Waals surface area contributed by atoms with Crippen LogP contribution in [0.25, 0.3) is 0 Å². The number of rotatable bonds is 4. The molecule has 2 aromatic carbocycles. The Labute approximate surface area is 169 Å². The smallest absolute Gasteiger partial charge is 0.293 e. The molecule has 1 heterocycles. The number of nitrogens with one attached hydrogen (secondary N) is 1. The molecule has 1 aliphatic heterocycles. The van der Waals surface area contributed by atoms with Crippen molar-refractivity contribution in [3.63, 3.8) is 0 Å². The molecule has 8 heteroatoms. The largest absolute Gasteiger partial charge is 0.506 e. The molecule has 0 atom stereocenters. The van der Waals surface area contributed by atoms with Crippen molar-refractivity contribution in [2.45, 2.75) is 26.2 Å². The molecule has 154 valence electrons. The normalized spacial score (nSPS) is 14.5. The van der Waals surface area contributed by atoms with Crippen molar-refractivity contribution >= 4 is 23.0 Å². The maximum atomic E-state index is 12.7. The van der Waals surface area contributed by atoms with Crippen molar-refractivity contribution < 1.29 is 19.6 Å². The fourth-order valence-corrected chi connectivity index (χ4v) is 3.18. The van der Waals surface area contributed by atoms with Crippen LogP contribution in [0.3, 0.4) is 0 Å². The van der Waals surface area contributed by atoms with Crippen LogP contribution in [0.15, 0.2) is 36.4 Å². The summed E-state index contributed by atoms with van der Waals surface area (Å²) in [4.78, 5) is 25.7. The minimum absolute atomic E-state index is 0.0641. The Morgan fingerprint density at radius 3 is 2.48 bits per heavy atom. The first-order chi connectivity index (χ1) is 13.7. The number of nitrogens with zero attached hydrogens (tertiary/aromatic N) is 2. The summed E-state index contributed by atoms with van der Waals surface area (Å²) in [5.41, 5.74) is 1.53. The number of nitro groups is 1. The van der Waals surface area contributed by atoms with Gasteiger partial charge in [0.2, 0.25) is 0 Å². The number of hydrogen-bond donors (Lipinski definition) is 2. The first kappa shape index (κ1) is 20.6. The number of anilines is 2. The summed E-state index contributed by atoms with van der Waals surface area (Å²) in [6, 6.07) is 9.45. The Balaban J connectivity index is 1.88. The minimum Gasteiger partial charge on any atom is -0.506 e. The van der Waals surface area contributed by atoms with Crippen LogP contribution in [-0.2, 0) is 10.2 Å². The Morgan fingerprint density at radius 2 is 1.86 bits per heavy atom. The molecule has 0 bridgehead atoms. The summed E-state index contributed by atoms with van der Waals surface area (Å²) < 4.78 is 5.30. The predicted molar refractivity (Wildman–Crippen MR) is 111 cm³/mol. The maximum absolute atomic E-state index is 12.7. The number of morpholine rings is 1. The summed E-state index contributed by atoms with van der Waals surface area (Å²) in [7, 11) is 0. The van der Waals surface area contributed by atoms with E-state index < -0.39 is 10.8 Å². The molecule has 0 radical (unpaired) electrons. The molecule has 0 saturated carbocycles. The third-order valence-corrected chi connectivity index (χ3v) is 4.90. The molecule has 0 unspecified atom stereocenters. The Morgan fingerprint density at radius 1 is 1.17 bits per heavy atom. The second-order valence-corrected chi connectivity index (χ2v) is 8.00. The monoisotopic (exact) mass is 399 g/mol. The van der Waals surface area contributed by atoms with Gasteiger partial charge < -0.3 is 20.1 Å². The van der Waals surface area contributed by atoms with Gasteiger partial charge >= 0.3 is 0 Å². The molecular weight excluding hydrogens is 374 g/mol. The SMILES string of the molecule is CC(C)(C)c1ccc(O)c(NC(=O)c2ccc(N3CCOCC3)c([N+](=O)[O-])c2)c1. The molecule has 1 amide bonds. The number of ether oxygens (including phenoxy) is 1. The molecule has 3 rings (SSSR count). The van der Waals surface area contributed by atoms with Gasteiger partial charge in [0.15, 0.2) is 0 Å². The lowest BCUT2D eigenvalue weighted by Crippen LogP contribution is -2.36. The second kappa shape index (κ2) is 8.08. The van der Waals surface area contributed by atoms with E-state index in [2.05, 4.69) is 5.32 Å². The van der Waals surface area contributed by atoms with Gasteiger partial charge in [-0.2, -0.15) is 0 Å². The lowest BCUT2D eigenvalue weighted by Gasteiger charge is -2.28. The highest BCUT2D eigenvalue weighted by Gasteiger charge is 2.24. The average molecular weight is 399 g/mol. The topological polar surface area (TPSA) is 105 Å². The molecule has 29 heavy (non-hydrogen) atoms. The maximum Gasteiger partial charge on any atom is 0.293 e. The standard InChI is InChI=1S/C21H25N3O5/c1-21(2,3)15-5-7-19(25)16(13-15)22-20(26)14-4-6-17(18(12-14)24(27)28)23-8-10-29-11-9-23/h4-7,12-13,25H,8-11H2,1-3H3,(H,22,26). The van der Waals surface area contributed by atoms with E-state index in [1.54, 1.807) is 24.3 Å². The van der Waals surface area contributed by atoms with Crippen molar-refractivity contribution in [2.24, 2.45) is 0 Å². The van der Waals surface area contributed by atoms with Gasteiger partial charge in [-0.3, -0.25) is 14.9 Å². The van der Waals surface area contributed by atoms with Crippen LogP contribution in [-0.4, -0.2) is 42.2 Å². The van der Waals surface area contributed by atoms with Crippen LogP contribution in [0.2, 0.25) is 0 Å². The van der Waals surface area contributed by atoms with Crippen molar-refractivity contribution in [1.29, 1.82) is 0 Å². The van der Waals surface area contributed by atoms with E-state index in [0.717, 1.165) is 5.56 Å². The minimum atomic E-state index is -0.525. The summed E-state index contributed by atoms with van der Waals surface area (Å²) in [5.74, 6) is -0.589. The molecule has 0 aromatic heterocycles. The number of carbonyl (C=O) groups excluding carboxylic acids is 1. The Hall–Kier alpha value is -3.13. The van der Waals surface area contributed by atoms with Gasteiger partial charge in [0.1, 0.15) is 11.4 Å². The van der Waals surface area contributed by atoms with Gasteiger partial charge in [-0.05, 0) is 35.2 Å². The Bertz CT molecular complexity index is 930. The molecule has 2 N–H and O–H groups in total. The van der Waals surface area contributed by atoms with Crippen molar-refractivity contribution in [1.82, 2.24) is 0 Å². The van der Waals surface area contributed by atoms with E-state index in [4.69, 9.17) is 4.74 Å². The predicted octanol–water partition coefficient (Wildman–Crippen LogP) is 3.69. The van der Waals surface area contributed by atoms with Crippen molar-refractivity contribution in [3.8, 4) is 5.75 Å². The summed E-state index contributed by atoms with van der Waals surface area (Å²) in [6.07, 6.45) is 0. The molecule has 0 spiro atoms. The highest BCUT2D eigenvalue weighted by atomic mass is 16.6. The van der Waals surface area contributed by atoms with E-state index in [0.29, 0.717) is 32.0 Å². The molecule has 8 nitrogen and oxygen atoms in total. The number of benzene rings is 2. The molecule has 1 saturated heterocycles. The van der Waals surface area contributed by atoms with Gasteiger partial charge in [0, 0.05) is 24.7 Å². The Kier molecular flexibility index (Phi) is 5.74. The number of carbonyl (C=O) groups is 1. The zero-order valence-electron chi connectivity index (χ0n) is 16.8. The number of nitro benzene ring substituents is 1. The van der Waals surface area contributed by atoms with E-state index >= 15 is 0 Å². The van der Waals surface area contributed by atoms with E-state index in [-0.39, 0.29) is 28.1 Å². The molecular formula is C21H25N3O5. The van der Waals surface area contributed by atoms with Gasteiger partial charge in [-0.1, -0.05) is 26.8 Å². The van der Waals surface area contributed by atoms with E-state index in [9.17, 15) is 20.0 Å². The summed E-state index contributed by atoms with van der Waals surface area (Å²) in [5, 5.41) is 24.4. The highest BCUT2D eigenvalue weighted by Crippen LogP contribution is 2.33. The first-order valence-electron chi connectivity index (χ1n) is 9.43. The third kappa shape index (κ3) is 4.65. The number of phenols is 1. The van der Waals surface area contributed by atoms with Gasteiger partial charge in [0.25, 0.3) is 11.6 Å². The quantitative estimate of drug-likeness (QED) is 0.462. The van der Waals surface area contributed by atoms with E-state index in [1.807, 2.05) is 25.7 Å². The number of hydrogen-bond acceptors (Lipinski definition) is 6. The number of phenolic OH excluding ortho intramolecular Hbond substituents is 1. The zero-order valence-corrected chi connectivity index (χ0v) is 16.8. The van der Waals surface area contributed by atoms with Crippen LogP contribution in [0.1, 0.15) is 36.7 Å². The fraction of sp³-hybridized carbons (Fsp3) is 0.381. The molecule has 1 aliphatic rings. The zero-order chi connectivity index (χ0) is 21.2. The lowest BCUT2D eigenvalue weighted by atomic mass is 9.87. The fourth-order valence-electron chi connectivity index (χ4n) is 3.18. The second-order valence-electron chi connectivity index (χ2n) is 8.00. The average Bonchev–Trinajstić information content (AvgIpc) is 2.69. The van der Waals surface area contributed by atoms with Crippen molar-refractivity contribution in [3.05, 3.63) is 57.6 Å². The molecule has 0 aliphatic carbocycles.